The Bertz CT molecular complexity index is 1050. The molecule has 0 saturated carbocycles. The van der Waals surface area contributed by atoms with Gasteiger partial charge in [0.1, 0.15) is 23.2 Å². The number of methoxy groups -OCH3 is 1. The van der Waals surface area contributed by atoms with Crippen LogP contribution in [0.2, 0.25) is 0 Å². The highest BCUT2D eigenvalue weighted by atomic mass is 19.4. The smallest absolute Gasteiger partial charge is 0.408 e. The molecule has 28 heavy (non-hydrogen) atoms. The predicted octanol–water partition coefficient (Wildman–Crippen LogP) is 3.53. The van der Waals surface area contributed by atoms with E-state index in [2.05, 4.69) is 10.1 Å². The third-order valence-corrected chi connectivity index (χ3v) is 4.17. The van der Waals surface area contributed by atoms with Gasteiger partial charge >= 0.3 is 6.18 Å². The molecule has 6 nitrogen and oxygen atoms in total. The maximum absolute atomic E-state index is 13.7. The first-order valence-electron chi connectivity index (χ1n) is 8.18. The summed E-state index contributed by atoms with van der Waals surface area (Å²) in [6.07, 6.45) is -3.44. The second-order valence-corrected chi connectivity index (χ2v) is 6.16. The van der Waals surface area contributed by atoms with Gasteiger partial charge < -0.3 is 10.1 Å². The first-order chi connectivity index (χ1) is 13.1. The van der Waals surface area contributed by atoms with Gasteiger partial charge in [-0.25, -0.2) is 13.9 Å². The molecule has 0 aliphatic rings. The average Bonchev–Trinajstić information content (AvgIpc) is 3.05. The molecule has 2 aromatic heterocycles. The van der Waals surface area contributed by atoms with Crippen molar-refractivity contribution < 1.29 is 27.1 Å². The number of alkyl halides is 3. The van der Waals surface area contributed by atoms with Crippen molar-refractivity contribution in [3.05, 3.63) is 47.5 Å². The number of hydrogen-bond acceptors (Lipinski definition) is 4. The number of carbonyl (C=O) groups excluding carboxylic acids is 1. The van der Waals surface area contributed by atoms with E-state index in [0.29, 0.717) is 22.7 Å². The molecule has 10 heteroatoms. The van der Waals surface area contributed by atoms with Crippen molar-refractivity contribution in [2.24, 2.45) is 0 Å². The maximum Gasteiger partial charge on any atom is 0.408 e. The Balaban J connectivity index is 2.09. The Hall–Kier alpha value is -3.17. The van der Waals surface area contributed by atoms with E-state index in [1.165, 1.54) is 29.8 Å². The Labute approximate surface area is 157 Å². The minimum Gasteiger partial charge on any atom is -0.496 e. The Morgan fingerprint density at radius 2 is 2.00 bits per heavy atom. The molecule has 0 fully saturated rings. The molecule has 2 heterocycles. The summed E-state index contributed by atoms with van der Waals surface area (Å²) in [4.78, 5) is 16.6. The molecule has 1 N–H and O–H groups in total. The lowest BCUT2D eigenvalue weighted by molar-refractivity contribution is -0.149. The van der Waals surface area contributed by atoms with Crippen LogP contribution in [0.25, 0.3) is 16.9 Å². The highest BCUT2D eigenvalue weighted by molar-refractivity contribution is 6.00. The summed E-state index contributed by atoms with van der Waals surface area (Å²) < 4.78 is 58.5. The monoisotopic (exact) mass is 396 g/mol. The van der Waals surface area contributed by atoms with Gasteiger partial charge in [0.2, 0.25) is 0 Å². The molecule has 0 unspecified atom stereocenters. The Morgan fingerprint density at radius 3 is 2.64 bits per heavy atom. The number of benzene rings is 1. The van der Waals surface area contributed by atoms with E-state index in [4.69, 9.17) is 4.74 Å². The minimum absolute atomic E-state index is 0.0492. The van der Waals surface area contributed by atoms with Crippen molar-refractivity contribution in [1.82, 2.24) is 19.9 Å². The van der Waals surface area contributed by atoms with Crippen LogP contribution in [0.4, 0.5) is 17.6 Å². The molecule has 0 radical (unpaired) electrons. The van der Waals surface area contributed by atoms with E-state index in [1.807, 2.05) is 5.32 Å². The van der Waals surface area contributed by atoms with E-state index in [0.717, 1.165) is 13.1 Å². The van der Waals surface area contributed by atoms with Crippen LogP contribution in [-0.2, 0) is 0 Å². The first kappa shape index (κ1) is 19.6. The summed E-state index contributed by atoms with van der Waals surface area (Å²) in [5.74, 6) is -1.12. The van der Waals surface area contributed by atoms with Crippen molar-refractivity contribution in [1.29, 1.82) is 0 Å². The fourth-order valence-electron chi connectivity index (χ4n) is 2.65. The highest BCUT2D eigenvalue weighted by Gasteiger charge is 2.37. The van der Waals surface area contributed by atoms with Crippen LogP contribution in [0.3, 0.4) is 0 Å². The molecule has 0 saturated heterocycles. The van der Waals surface area contributed by atoms with Crippen molar-refractivity contribution in [2.75, 3.05) is 7.11 Å². The van der Waals surface area contributed by atoms with Gasteiger partial charge in [0, 0.05) is 11.3 Å². The number of halogens is 4. The molecule has 1 amide bonds. The van der Waals surface area contributed by atoms with Crippen LogP contribution < -0.4 is 10.1 Å². The van der Waals surface area contributed by atoms with Crippen molar-refractivity contribution in [2.45, 2.75) is 26.1 Å². The minimum atomic E-state index is -4.58. The number of aryl methyl sites for hydroxylation is 1. The van der Waals surface area contributed by atoms with Crippen molar-refractivity contribution in [3.8, 4) is 17.0 Å². The summed E-state index contributed by atoms with van der Waals surface area (Å²) in [6, 6.07) is 3.45. The molecular formula is C18H16F4N4O2. The quantitative estimate of drug-likeness (QED) is 0.685. The molecule has 0 spiro atoms. The topological polar surface area (TPSA) is 68.5 Å². The number of rotatable bonds is 4. The molecule has 3 aromatic rings. The fraction of sp³-hybridized carbons (Fsp3) is 0.278. The number of nitrogens with one attached hydrogen (secondary N) is 1. The van der Waals surface area contributed by atoms with Gasteiger partial charge in [-0.1, -0.05) is 0 Å². The summed E-state index contributed by atoms with van der Waals surface area (Å²) in [5, 5.41) is 5.89. The highest BCUT2D eigenvalue weighted by Crippen LogP contribution is 2.30. The molecular weight excluding hydrogens is 380 g/mol. The number of amides is 1. The molecule has 0 aliphatic carbocycles. The molecule has 0 aliphatic heterocycles. The van der Waals surface area contributed by atoms with Gasteiger partial charge in [0.05, 0.1) is 19.0 Å². The van der Waals surface area contributed by atoms with Crippen LogP contribution in [0.1, 0.15) is 23.0 Å². The van der Waals surface area contributed by atoms with Gasteiger partial charge in [-0.2, -0.15) is 18.3 Å². The number of fused-ring (bicyclic) bond motifs is 1. The van der Waals surface area contributed by atoms with E-state index in [-0.39, 0.29) is 11.2 Å². The van der Waals surface area contributed by atoms with Crippen LogP contribution in [0, 0.1) is 12.7 Å². The van der Waals surface area contributed by atoms with Crippen LogP contribution in [-0.4, -0.2) is 39.8 Å². The standard InChI is InChI=1S/C18H16F4N4O2/c1-9-6-14(12-7-11(19)4-5-15(12)28-3)25-16-13(8-23-26(9)16)17(27)24-10(2)18(20,21)22/h4-8,10H,1-3H3,(H,24,27)/t10-/m1/s1. The molecule has 148 valence electrons. The normalized spacial score (nSPS) is 12.8. The van der Waals surface area contributed by atoms with Gasteiger partial charge in [-0.15, -0.1) is 0 Å². The van der Waals surface area contributed by atoms with Gasteiger partial charge in [0.25, 0.3) is 5.91 Å². The molecule has 0 bridgehead atoms. The number of hydrogen-bond donors (Lipinski definition) is 1. The van der Waals surface area contributed by atoms with Crippen molar-refractivity contribution in [3.63, 3.8) is 0 Å². The number of aromatic nitrogens is 3. The summed E-state index contributed by atoms with van der Waals surface area (Å²) in [7, 11) is 1.42. The molecule has 1 atom stereocenters. The molecule has 3 rings (SSSR count). The lowest BCUT2D eigenvalue weighted by atomic mass is 10.1. The SMILES string of the molecule is COc1ccc(F)cc1-c1cc(C)n2ncc(C(=O)N[C@H](C)C(F)(F)F)c2n1. The summed E-state index contributed by atoms with van der Waals surface area (Å²) >= 11 is 0. The molecule has 1 aromatic carbocycles. The summed E-state index contributed by atoms with van der Waals surface area (Å²) in [6.45, 7) is 2.52. The third kappa shape index (κ3) is 3.62. The van der Waals surface area contributed by atoms with Crippen molar-refractivity contribution >= 4 is 11.6 Å². The maximum atomic E-state index is 13.7. The van der Waals surface area contributed by atoms with E-state index < -0.39 is 23.9 Å². The van der Waals surface area contributed by atoms with E-state index in [9.17, 15) is 22.4 Å². The van der Waals surface area contributed by atoms with Gasteiger partial charge in [-0.3, -0.25) is 4.79 Å². The summed E-state index contributed by atoms with van der Waals surface area (Å²) in [5.41, 5.74) is 1.10. The number of carbonyl (C=O) groups is 1. The van der Waals surface area contributed by atoms with Crippen LogP contribution in [0.5, 0.6) is 5.75 Å². The fourth-order valence-corrected chi connectivity index (χ4v) is 2.65. The number of ether oxygens (including phenoxy) is 1. The largest absolute Gasteiger partial charge is 0.496 e. The average molecular weight is 396 g/mol. The van der Waals surface area contributed by atoms with Crippen LogP contribution >= 0.6 is 0 Å². The van der Waals surface area contributed by atoms with Gasteiger partial charge in [-0.05, 0) is 38.1 Å². The number of nitrogens with zero attached hydrogens (tertiary/aromatic N) is 3. The van der Waals surface area contributed by atoms with Crippen LogP contribution in [0.15, 0.2) is 30.5 Å². The first-order valence-corrected chi connectivity index (χ1v) is 8.18. The third-order valence-electron chi connectivity index (χ3n) is 4.17. The van der Waals surface area contributed by atoms with E-state index in [1.54, 1.807) is 13.0 Å². The second-order valence-electron chi connectivity index (χ2n) is 6.16. The van der Waals surface area contributed by atoms with Gasteiger partial charge in [0.15, 0.2) is 5.65 Å². The zero-order chi connectivity index (χ0) is 20.6. The lowest BCUT2D eigenvalue weighted by Crippen LogP contribution is -2.43. The Morgan fingerprint density at radius 1 is 1.29 bits per heavy atom. The zero-order valence-corrected chi connectivity index (χ0v) is 15.1. The lowest BCUT2D eigenvalue weighted by Gasteiger charge is -2.16. The predicted molar refractivity (Wildman–Crippen MR) is 92.7 cm³/mol. The second kappa shape index (κ2) is 7.10. The Kier molecular flexibility index (Phi) is 4.97. The van der Waals surface area contributed by atoms with E-state index >= 15 is 0 Å². The zero-order valence-electron chi connectivity index (χ0n) is 15.1.